The second kappa shape index (κ2) is 10.2. The van der Waals surface area contributed by atoms with Crippen LogP contribution in [0, 0.1) is 12.8 Å². The molecule has 6 nitrogen and oxygen atoms in total. The smallest absolute Gasteiger partial charge is 0.308 e. The maximum atomic E-state index is 12.5. The van der Waals surface area contributed by atoms with Gasteiger partial charge in [0.15, 0.2) is 11.5 Å². The molecule has 2 rings (SSSR count). The number of aryl methyl sites for hydroxylation is 1. The summed E-state index contributed by atoms with van der Waals surface area (Å²) in [7, 11) is 1.49. The lowest BCUT2D eigenvalue weighted by molar-refractivity contribution is -0.141. The van der Waals surface area contributed by atoms with Gasteiger partial charge in [0.05, 0.1) is 13.0 Å². The molecule has 0 aromatic heterocycles. The Bertz CT molecular complexity index is 847. The lowest BCUT2D eigenvalue weighted by Crippen LogP contribution is -2.34. The van der Waals surface area contributed by atoms with Crippen molar-refractivity contribution >= 4 is 11.9 Å². The minimum Gasteiger partial charge on any atom is -0.493 e. The zero-order chi connectivity index (χ0) is 20.5. The van der Waals surface area contributed by atoms with Crippen LogP contribution in [0.25, 0.3) is 0 Å². The van der Waals surface area contributed by atoms with E-state index in [9.17, 15) is 14.7 Å². The molecule has 0 aliphatic heterocycles. The van der Waals surface area contributed by atoms with Crippen LogP contribution in [0.4, 0.5) is 0 Å². The highest BCUT2D eigenvalue weighted by Gasteiger charge is 2.20. The van der Waals surface area contributed by atoms with Crippen LogP contribution in [0.5, 0.6) is 11.5 Å². The van der Waals surface area contributed by atoms with Gasteiger partial charge in [0.1, 0.15) is 6.61 Å². The normalized spacial score (nSPS) is 11.4. The van der Waals surface area contributed by atoms with Gasteiger partial charge in [0, 0.05) is 12.1 Å². The first-order valence-corrected chi connectivity index (χ1v) is 8.93. The number of carboxylic acid groups (broad SMARTS) is 1. The van der Waals surface area contributed by atoms with Gasteiger partial charge in [-0.2, -0.15) is 0 Å². The molecule has 0 radical (unpaired) electrons. The number of carbonyl (C=O) groups is 2. The summed E-state index contributed by atoms with van der Waals surface area (Å²) in [5.41, 5.74) is 2.35. The van der Waals surface area contributed by atoms with E-state index in [-0.39, 0.29) is 12.5 Å². The first-order chi connectivity index (χ1) is 13.4. The van der Waals surface area contributed by atoms with Crippen molar-refractivity contribution in [3.63, 3.8) is 0 Å². The van der Waals surface area contributed by atoms with E-state index < -0.39 is 11.9 Å². The van der Waals surface area contributed by atoms with Crippen molar-refractivity contribution < 1.29 is 24.2 Å². The minimum atomic E-state index is -0.951. The minimum absolute atomic E-state index is 0.0269. The largest absolute Gasteiger partial charge is 0.493 e. The zero-order valence-electron chi connectivity index (χ0n) is 16.1. The van der Waals surface area contributed by atoms with Crippen LogP contribution in [0.2, 0.25) is 0 Å². The number of nitrogens with one attached hydrogen (secondary N) is 1. The highest BCUT2D eigenvalue weighted by atomic mass is 16.5. The summed E-state index contributed by atoms with van der Waals surface area (Å²) < 4.78 is 10.7. The second-order valence-electron chi connectivity index (χ2n) is 6.40. The van der Waals surface area contributed by atoms with Crippen LogP contribution in [-0.4, -0.2) is 37.2 Å². The van der Waals surface area contributed by atoms with E-state index in [4.69, 9.17) is 9.47 Å². The van der Waals surface area contributed by atoms with E-state index in [0.717, 1.165) is 11.1 Å². The zero-order valence-corrected chi connectivity index (χ0v) is 16.1. The Kier molecular flexibility index (Phi) is 7.63. The summed E-state index contributed by atoms with van der Waals surface area (Å²) in [6.45, 7) is 5.89. The number of aliphatic carboxylic acids is 1. The summed E-state index contributed by atoms with van der Waals surface area (Å²) >= 11 is 0. The van der Waals surface area contributed by atoms with Gasteiger partial charge in [-0.25, -0.2) is 0 Å². The van der Waals surface area contributed by atoms with Crippen molar-refractivity contribution in [3.05, 3.63) is 71.8 Å². The Labute approximate surface area is 164 Å². The fourth-order valence-electron chi connectivity index (χ4n) is 2.77. The third kappa shape index (κ3) is 5.87. The quantitative estimate of drug-likeness (QED) is 0.615. The van der Waals surface area contributed by atoms with Crippen molar-refractivity contribution in [1.82, 2.24) is 5.32 Å². The van der Waals surface area contributed by atoms with E-state index in [0.29, 0.717) is 30.1 Å². The molecule has 6 heteroatoms. The summed E-state index contributed by atoms with van der Waals surface area (Å²) in [5, 5.41) is 12.2. The van der Waals surface area contributed by atoms with Crippen LogP contribution in [-0.2, 0) is 11.2 Å². The van der Waals surface area contributed by atoms with Crippen LogP contribution in [0.1, 0.15) is 21.5 Å². The lowest BCUT2D eigenvalue weighted by atomic mass is 9.98. The van der Waals surface area contributed by atoms with E-state index in [1.807, 2.05) is 31.2 Å². The highest BCUT2D eigenvalue weighted by Crippen LogP contribution is 2.28. The molecule has 2 aromatic carbocycles. The van der Waals surface area contributed by atoms with Crippen LogP contribution < -0.4 is 14.8 Å². The molecule has 28 heavy (non-hydrogen) atoms. The number of hydrogen-bond acceptors (Lipinski definition) is 4. The third-order valence-electron chi connectivity index (χ3n) is 4.21. The predicted octanol–water partition coefficient (Wildman–Crippen LogP) is 3.24. The van der Waals surface area contributed by atoms with Gasteiger partial charge >= 0.3 is 5.97 Å². The molecule has 0 aliphatic carbocycles. The molecule has 0 aliphatic rings. The first-order valence-electron chi connectivity index (χ1n) is 8.93. The average molecular weight is 383 g/mol. The molecule has 0 fully saturated rings. The van der Waals surface area contributed by atoms with E-state index in [1.165, 1.54) is 7.11 Å². The third-order valence-corrected chi connectivity index (χ3v) is 4.21. The number of hydrogen-bond donors (Lipinski definition) is 2. The Morgan fingerprint density at radius 2 is 2.00 bits per heavy atom. The maximum absolute atomic E-state index is 12.5. The molecule has 148 valence electrons. The molecule has 0 saturated heterocycles. The van der Waals surface area contributed by atoms with Crippen molar-refractivity contribution in [2.45, 2.75) is 13.3 Å². The van der Waals surface area contributed by atoms with Crippen molar-refractivity contribution in [2.75, 3.05) is 20.3 Å². The monoisotopic (exact) mass is 383 g/mol. The SMILES string of the molecule is C=CCOc1ccc(C(=O)NCC(Cc2cccc(C)c2)C(=O)O)cc1OC. The van der Waals surface area contributed by atoms with E-state index in [2.05, 4.69) is 11.9 Å². The van der Waals surface area contributed by atoms with Crippen LogP contribution in [0.15, 0.2) is 55.1 Å². The van der Waals surface area contributed by atoms with Crippen molar-refractivity contribution in [1.29, 1.82) is 0 Å². The van der Waals surface area contributed by atoms with Crippen molar-refractivity contribution in [2.24, 2.45) is 5.92 Å². The standard InChI is InChI=1S/C22H25NO5/c1-4-10-28-19-9-8-17(13-20(19)27-3)21(24)23-14-18(22(25)26)12-16-7-5-6-15(2)11-16/h4-9,11,13,18H,1,10,12,14H2,2-3H3,(H,23,24)(H,25,26). The first kappa shape index (κ1) is 21.0. The molecule has 2 aromatic rings. The molecule has 1 atom stereocenters. The van der Waals surface area contributed by atoms with Gasteiger partial charge < -0.3 is 19.9 Å². The number of carbonyl (C=O) groups excluding carboxylic acids is 1. The molecule has 1 unspecified atom stereocenters. The fraction of sp³-hybridized carbons (Fsp3) is 0.273. The van der Waals surface area contributed by atoms with Gasteiger partial charge in [-0.3, -0.25) is 9.59 Å². The summed E-state index contributed by atoms with van der Waals surface area (Å²) in [6, 6.07) is 12.5. The Morgan fingerprint density at radius 1 is 1.21 bits per heavy atom. The molecule has 1 amide bonds. The predicted molar refractivity (Wildman–Crippen MR) is 107 cm³/mol. The van der Waals surface area contributed by atoms with Gasteiger partial charge in [0.2, 0.25) is 0 Å². The molecule has 0 saturated carbocycles. The topological polar surface area (TPSA) is 84.9 Å². The van der Waals surface area contributed by atoms with E-state index in [1.54, 1.807) is 24.3 Å². The van der Waals surface area contributed by atoms with Gasteiger partial charge in [-0.1, -0.05) is 42.5 Å². The number of benzene rings is 2. The molecule has 0 spiro atoms. The van der Waals surface area contributed by atoms with Gasteiger partial charge in [-0.15, -0.1) is 0 Å². The Morgan fingerprint density at radius 3 is 2.64 bits per heavy atom. The Balaban J connectivity index is 2.04. The summed E-state index contributed by atoms with van der Waals surface area (Å²) in [5.74, 6) is -1.12. The molecule has 0 heterocycles. The average Bonchev–Trinajstić information content (AvgIpc) is 2.68. The van der Waals surface area contributed by atoms with Crippen LogP contribution >= 0.6 is 0 Å². The summed E-state index contributed by atoms with van der Waals surface area (Å²) in [6.07, 6.45) is 1.95. The van der Waals surface area contributed by atoms with Crippen LogP contribution in [0.3, 0.4) is 0 Å². The van der Waals surface area contributed by atoms with Gasteiger partial charge in [-0.05, 0) is 37.1 Å². The highest BCUT2D eigenvalue weighted by molar-refractivity contribution is 5.95. The van der Waals surface area contributed by atoms with E-state index >= 15 is 0 Å². The lowest BCUT2D eigenvalue weighted by Gasteiger charge is -2.15. The fourth-order valence-corrected chi connectivity index (χ4v) is 2.77. The molecular weight excluding hydrogens is 358 g/mol. The number of rotatable bonds is 10. The molecular formula is C22H25NO5. The maximum Gasteiger partial charge on any atom is 0.308 e. The second-order valence-corrected chi connectivity index (χ2v) is 6.40. The Hall–Kier alpha value is -3.28. The number of amides is 1. The molecule has 2 N–H and O–H groups in total. The number of methoxy groups -OCH3 is 1. The number of ether oxygens (including phenoxy) is 2. The number of carboxylic acids is 1. The molecule has 0 bridgehead atoms. The van der Waals surface area contributed by atoms with Gasteiger partial charge in [0.25, 0.3) is 5.91 Å². The summed E-state index contributed by atoms with van der Waals surface area (Å²) in [4.78, 5) is 24.0. The van der Waals surface area contributed by atoms with Crippen molar-refractivity contribution in [3.8, 4) is 11.5 Å².